The van der Waals surface area contributed by atoms with Crippen LogP contribution < -0.4 is 0 Å². The fourth-order valence-corrected chi connectivity index (χ4v) is 2.46. The molecule has 0 aliphatic heterocycles. The number of fused-ring (bicyclic) bond motifs is 1. The maximum absolute atomic E-state index is 5.89. The van der Waals surface area contributed by atoms with Gasteiger partial charge in [-0.2, -0.15) is 0 Å². The molecule has 16 heavy (non-hydrogen) atoms. The minimum atomic E-state index is 0.702. The number of rotatable bonds is 4. The molecule has 0 aliphatic carbocycles. The lowest BCUT2D eigenvalue weighted by Crippen LogP contribution is -1.87. The van der Waals surface area contributed by atoms with Crippen LogP contribution in [0.1, 0.15) is 19.8 Å². The second-order valence-corrected chi connectivity index (χ2v) is 5.09. The molecule has 1 aromatic carbocycles. The van der Waals surface area contributed by atoms with Crippen molar-refractivity contribution in [2.45, 2.75) is 24.8 Å². The van der Waals surface area contributed by atoms with Crippen molar-refractivity contribution < 1.29 is 0 Å². The zero-order chi connectivity index (χ0) is 11.4. The van der Waals surface area contributed by atoms with E-state index in [0.29, 0.717) is 5.02 Å². The number of hydrogen-bond donors (Lipinski definition) is 0. The van der Waals surface area contributed by atoms with Gasteiger partial charge in [0, 0.05) is 5.02 Å². The first-order valence-corrected chi connectivity index (χ1v) is 6.71. The summed E-state index contributed by atoms with van der Waals surface area (Å²) in [7, 11) is 0. The second-order valence-electron chi connectivity index (χ2n) is 3.54. The fourth-order valence-electron chi connectivity index (χ4n) is 1.36. The summed E-state index contributed by atoms with van der Waals surface area (Å²) < 4.78 is 0. The van der Waals surface area contributed by atoms with Crippen molar-refractivity contribution in [2.24, 2.45) is 0 Å². The number of nitrogens with zero attached hydrogens (tertiary/aromatic N) is 2. The molecule has 0 N–H and O–H groups in total. The number of benzene rings is 1. The summed E-state index contributed by atoms with van der Waals surface area (Å²) >= 11 is 7.65. The highest BCUT2D eigenvalue weighted by Gasteiger charge is 2.00. The number of thioether (sulfide) groups is 1. The Hall–Kier alpha value is -0.800. The van der Waals surface area contributed by atoms with Gasteiger partial charge in [-0.25, -0.2) is 4.98 Å². The van der Waals surface area contributed by atoms with Gasteiger partial charge in [0.05, 0.1) is 17.2 Å². The first-order valence-electron chi connectivity index (χ1n) is 5.34. The Morgan fingerprint density at radius 2 is 2.19 bits per heavy atom. The lowest BCUT2D eigenvalue weighted by atomic mass is 10.3. The summed E-state index contributed by atoms with van der Waals surface area (Å²) in [6, 6.07) is 5.60. The van der Waals surface area contributed by atoms with Gasteiger partial charge in [0.25, 0.3) is 0 Å². The molecule has 0 radical (unpaired) electrons. The van der Waals surface area contributed by atoms with Crippen LogP contribution in [0.3, 0.4) is 0 Å². The molecule has 1 heterocycles. The van der Waals surface area contributed by atoms with Gasteiger partial charge in [-0.3, -0.25) is 4.98 Å². The molecule has 0 atom stereocenters. The van der Waals surface area contributed by atoms with Crippen molar-refractivity contribution in [2.75, 3.05) is 5.75 Å². The third kappa shape index (κ3) is 2.86. The molecule has 2 aromatic rings. The van der Waals surface area contributed by atoms with Crippen molar-refractivity contribution in [1.29, 1.82) is 0 Å². The maximum atomic E-state index is 5.89. The molecule has 0 saturated carbocycles. The van der Waals surface area contributed by atoms with E-state index in [1.54, 1.807) is 11.8 Å². The molecule has 0 fully saturated rings. The lowest BCUT2D eigenvalue weighted by Gasteiger charge is -2.01. The summed E-state index contributed by atoms with van der Waals surface area (Å²) in [5.41, 5.74) is 1.76. The van der Waals surface area contributed by atoms with Crippen molar-refractivity contribution in [3.05, 3.63) is 29.4 Å². The third-order valence-corrected chi connectivity index (χ3v) is 3.45. The Morgan fingerprint density at radius 1 is 1.31 bits per heavy atom. The zero-order valence-electron chi connectivity index (χ0n) is 9.11. The van der Waals surface area contributed by atoms with E-state index in [0.717, 1.165) is 21.8 Å². The van der Waals surface area contributed by atoms with E-state index in [1.807, 2.05) is 24.4 Å². The highest BCUT2D eigenvalue weighted by molar-refractivity contribution is 7.99. The summed E-state index contributed by atoms with van der Waals surface area (Å²) in [5, 5.41) is 1.69. The molecule has 2 rings (SSSR count). The molecule has 0 spiro atoms. The summed E-state index contributed by atoms with van der Waals surface area (Å²) in [6.45, 7) is 2.19. The Morgan fingerprint density at radius 3 is 3.00 bits per heavy atom. The molecule has 4 heteroatoms. The van der Waals surface area contributed by atoms with Crippen LogP contribution in [-0.4, -0.2) is 15.7 Å². The average Bonchev–Trinajstić information content (AvgIpc) is 2.29. The van der Waals surface area contributed by atoms with E-state index in [-0.39, 0.29) is 0 Å². The standard InChI is InChI=1S/C12H13ClN2S/c1-2-3-6-16-12-8-14-11-7-9(13)4-5-10(11)15-12/h4-5,7-8H,2-3,6H2,1H3. The van der Waals surface area contributed by atoms with Gasteiger partial charge in [-0.05, 0) is 30.4 Å². The topological polar surface area (TPSA) is 25.8 Å². The molecular formula is C12H13ClN2S. The Kier molecular flexibility index (Phi) is 4.02. The van der Waals surface area contributed by atoms with Crippen molar-refractivity contribution >= 4 is 34.4 Å². The Balaban J connectivity index is 2.20. The summed E-state index contributed by atoms with van der Waals surface area (Å²) in [5.74, 6) is 1.10. The predicted molar refractivity (Wildman–Crippen MR) is 70.2 cm³/mol. The van der Waals surface area contributed by atoms with Crippen LogP contribution >= 0.6 is 23.4 Å². The zero-order valence-corrected chi connectivity index (χ0v) is 10.7. The van der Waals surface area contributed by atoms with Gasteiger partial charge >= 0.3 is 0 Å². The largest absolute Gasteiger partial charge is 0.252 e. The minimum Gasteiger partial charge on any atom is -0.252 e. The van der Waals surface area contributed by atoms with Crippen molar-refractivity contribution in [3.8, 4) is 0 Å². The van der Waals surface area contributed by atoms with Crippen molar-refractivity contribution in [1.82, 2.24) is 9.97 Å². The van der Waals surface area contributed by atoms with Crippen molar-refractivity contribution in [3.63, 3.8) is 0 Å². The molecule has 0 amide bonds. The molecule has 1 aromatic heterocycles. The van der Waals surface area contributed by atoms with E-state index in [4.69, 9.17) is 11.6 Å². The van der Waals surface area contributed by atoms with Gasteiger partial charge in [-0.15, -0.1) is 11.8 Å². The molecule has 0 bridgehead atoms. The molecule has 0 aliphatic rings. The van der Waals surface area contributed by atoms with Crippen LogP contribution in [-0.2, 0) is 0 Å². The van der Waals surface area contributed by atoms with E-state index < -0.39 is 0 Å². The van der Waals surface area contributed by atoms with Crippen LogP contribution in [0.15, 0.2) is 29.4 Å². The lowest BCUT2D eigenvalue weighted by molar-refractivity contribution is 0.894. The Labute approximate surface area is 104 Å². The maximum Gasteiger partial charge on any atom is 0.115 e. The highest BCUT2D eigenvalue weighted by atomic mass is 35.5. The van der Waals surface area contributed by atoms with Crippen LogP contribution in [0.25, 0.3) is 11.0 Å². The van der Waals surface area contributed by atoms with Gasteiger partial charge in [-0.1, -0.05) is 24.9 Å². The van der Waals surface area contributed by atoms with Crippen LogP contribution in [0.4, 0.5) is 0 Å². The third-order valence-electron chi connectivity index (χ3n) is 2.23. The average molecular weight is 253 g/mol. The van der Waals surface area contributed by atoms with Crippen LogP contribution in [0, 0.1) is 0 Å². The molecule has 84 valence electrons. The first-order chi connectivity index (χ1) is 7.79. The van der Waals surface area contributed by atoms with E-state index in [2.05, 4.69) is 16.9 Å². The monoisotopic (exact) mass is 252 g/mol. The Bertz CT molecular complexity index is 487. The SMILES string of the molecule is CCCCSc1cnc2cc(Cl)ccc2n1. The molecule has 0 unspecified atom stereocenters. The minimum absolute atomic E-state index is 0.702. The molecule has 0 saturated heterocycles. The van der Waals surface area contributed by atoms with Gasteiger partial charge in [0.15, 0.2) is 0 Å². The quantitative estimate of drug-likeness (QED) is 0.603. The van der Waals surface area contributed by atoms with Gasteiger partial charge < -0.3 is 0 Å². The highest BCUT2D eigenvalue weighted by Crippen LogP contribution is 2.21. The molecular weight excluding hydrogens is 240 g/mol. The van der Waals surface area contributed by atoms with Gasteiger partial charge in [0.2, 0.25) is 0 Å². The number of aromatic nitrogens is 2. The smallest absolute Gasteiger partial charge is 0.115 e. The van der Waals surface area contributed by atoms with Gasteiger partial charge in [0.1, 0.15) is 5.03 Å². The van der Waals surface area contributed by atoms with Crippen LogP contribution in [0.2, 0.25) is 5.02 Å². The summed E-state index contributed by atoms with van der Waals surface area (Å²) in [6.07, 6.45) is 4.24. The van der Waals surface area contributed by atoms with E-state index >= 15 is 0 Å². The first kappa shape index (κ1) is 11.7. The normalized spacial score (nSPS) is 10.9. The van der Waals surface area contributed by atoms with E-state index in [9.17, 15) is 0 Å². The van der Waals surface area contributed by atoms with E-state index in [1.165, 1.54) is 12.8 Å². The summed E-state index contributed by atoms with van der Waals surface area (Å²) in [4.78, 5) is 8.88. The molecule has 2 nitrogen and oxygen atoms in total. The second kappa shape index (κ2) is 5.51. The number of hydrogen-bond acceptors (Lipinski definition) is 3. The predicted octanol–water partition coefficient (Wildman–Crippen LogP) is 4.18. The fraction of sp³-hybridized carbons (Fsp3) is 0.333. The number of unbranched alkanes of at least 4 members (excludes halogenated alkanes) is 1. The van der Waals surface area contributed by atoms with Crippen LogP contribution in [0.5, 0.6) is 0 Å². The number of halogens is 1.